The molecule has 0 bridgehead atoms. The number of fused-ring (bicyclic) bond motifs is 1. The first-order chi connectivity index (χ1) is 17.5. The number of ether oxygens (including phenoxy) is 1. The van der Waals surface area contributed by atoms with Crippen molar-refractivity contribution in [2.45, 2.75) is 5.16 Å². The van der Waals surface area contributed by atoms with E-state index < -0.39 is 5.97 Å². The van der Waals surface area contributed by atoms with Crippen molar-refractivity contribution < 1.29 is 14.6 Å². The fraction of sp³-hybridized carbons (Fsp3) is 0.0769. The number of para-hydroxylation sites is 3. The van der Waals surface area contributed by atoms with Crippen LogP contribution in [0.5, 0.6) is 0 Å². The molecule has 2 aromatic heterocycles. The van der Waals surface area contributed by atoms with Crippen LogP contribution in [0.15, 0.2) is 89.8 Å². The van der Waals surface area contributed by atoms with Crippen molar-refractivity contribution in [3.05, 3.63) is 95.5 Å². The third kappa shape index (κ3) is 4.71. The molecule has 0 unspecified atom stereocenters. The van der Waals surface area contributed by atoms with Crippen molar-refractivity contribution in [2.75, 3.05) is 12.9 Å². The Morgan fingerprint density at radius 1 is 1.03 bits per heavy atom. The molecule has 0 radical (unpaired) electrons. The van der Waals surface area contributed by atoms with E-state index in [1.165, 1.54) is 18.9 Å². The van der Waals surface area contributed by atoms with E-state index in [0.29, 0.717) is 21.5 Å². The maximum Gasteiger partial charge on any atom is 0.345 e. The largest absolute Gasteiger partial charge is 0.510 e. The fourth-order valence-corrected chi connectivity index (χ4v) is 4.64. The molecule has 0 amide bonds. The average Bonchev–Trinajstić information content (AvgIpc) is 3.52. The monoisotopic (exact) mass is 517 g/mol. The molecule has 0 saturated heterocycles. The molecule has 0 aliphatic rings. The average molecular weight is 518 g/mol. The molecule has 2 N–H and O–H groups in total. The lowest BCUT2D eigenvalue weighted by molar-refractivity contribution is -0.133. The third-order valence-electron chi connectivity index (χ3n) is 5.39. The summed E-state index contributed by atoms with van der Waals surface area (Å²) in [6.07, 6.45) is 0. The minimum atomic E-state index is -0.696. The summed E-state index contributed by atoms with van der Waals surface area (Å²) in [6, 6.07) is 24.3. The number of aromatic amines is 1. The lowest BCUT2D eigenvalue weighted by Gasteiger charge is -2.11. The molecule has 3 aromatic carbocycles. The van der Waals surface area contributed by atoms with Gasteiger partial charge in [0.05, 0.1) is 23.9 Å². The van der Waals surface area contributed by atoms with Crippen LogP contribution in [0.4, 0.5) is 0 Å². The molecule has 0 aliphatic carbocycles. The minimum Gasteiger partial charge on any atom is -0.510 e. The number of nitrogens with zero attached hydrogens (tertiary/aromatic N) is 4. The highest BCUT2D eigenvalue weighted by Gasteiger charge is 2.23. The predicted octanol–water partition coefficient (Wildman–Crippen LogP) is 5.70. The van der Waals surface area contributed by atoms with Crippen LogP contribution in [0.2, 0.25) is 5.02 Å². The number of hydrogen-bond acceptors (Lipinski definition) is 7. The summed E-state index contributed by atoms with van der Waals surface area (Å²) in [5, 5.41) is 20.9. The zero-order valence-electron chi connectivity index (χ0n) is 19.1. The molecule has 5 rings (SSSR count). The number of H-pyrrole nitrogens is 1. The van der Waals surface area contributed by atoms with E-state index in [9.17, 15) is 9.90 Å². The molecule has 2 heterocycles. The first-order valence-electron chi connectivity index (χ1n) is 10.9. The van der Waals surface area contributed by atoms with Crippen LogP contribution >= 0.6 is 23.4 Å². The van der Waals surface area contributed by atoms with Crippen LogP contribution in [-0.2, 0) is 9.53 Å². The Balaban J connectivity index is 1.52. The molecule has 0 saturated carbocycles. The Morgan fingerprint density at radius 3 is 2.47 bits per heavy atom. The number of aliphatic hydroxyl groups is 1. The number of thioether (sulfide) groups is 1. The minimum absolute atomic E-state index is 0.0348. The van der Waals surface area contributed by atoms with Crippen molar-refractivity contribution in [3.63, 3.8) is 0 Å². The third-order valence-corrected chi connectivity index (χ3v) is 6.58. The number of rotatable bonds is 7. The molecule has 0 aliphatic heterocycles. The second-order valence-electron chi connectivity index (χ2n) is 7.69. The van der Waals surface area contributed by atoms with Crippen LogP contribution in [0.1, 0.15) is 5.82 Å². The van der Waals surface area contributed by atoms with Gasteiger partial charge in [-0.2, -0.15) is 0 Å². The number of benzene rings is 3. The molecule has 180 valence electrons. The second kappa shape index (κ2) is 10.3. The van der Waals surface area contributed by atoms with Gasteiger partial charge >= 0.3 is 5.97 Å². The smallest absolute Gasteiger partial charge is 0.345 e. The molecule has 36 heavy (non-hydrogen) atoms. The summed E-state index contributed by atoms with van der Waals surface area (Å²) < 4.78 is 6.82. The quantitative estimate of drug-likeness (QED) is 0.123. The Bertz CT molecular complexity index is 1530. The molecule has 0 fully saturated rings. The standard InChI is InChI=1S/C26H20ClN5O3S/c1-35-25(34)22(23-28-19-9-5-6-10-20(19)29-23)21(33)15-36-26-31-30-24(16-11-13-17(27)14-12-16)32(26)18-7-3-2-4-8-18/h2-14,33H,15H2,1H3,(H,28,29)/b22-21+. The van der Waals surface area contributed by atoms with Crippen LogP contribution in [-0.4, -0.2) is 48.7 Å². The zero-order valence-corrected chi connectivity index (χ0v) is 20.6. The predicted molar refractivity (Wildman–Crippen MR) is 140 cm³/mol. The molecule has 8 nitrogen and oxygen atoms in total. The molecule has 10 heteroatoms. The molecule has 5 aromatic rings. The SMILES string of the molecule is COC(=O)/C(=C(/O)CSc1nnc(-c2ccc(Cl)cc2)n1-c1ccccc1)c1nc2ccccc2[nH]1. The first kappa shape index (κ1) is 23.7. The number of hydrogen-bond donors (Lipinski definition) is 2. The summed E-state index contributed by atoms with van der Waals surface area (Å²) in [5.41, 5.74) is 3.06. The Morgan fingerprint density at radius 2 is 1.75 bits per heavy atom. The number of carbonyl (C=O) groups excluding carboxylic acids is 1. The van der Waals surface area contributed by atoms with E-state index in [-0.39, 0.29) is 22.9 Å². The summed E-state index contributed by atoms with van der Waals surface area (Å²) in [6.45, 7) is 0. The number of halogens is 1. The number of aliphatic hydroxyl groups excluding tert-OH is 1. The maximum atomic E-state index is 12.6. The van der Waals surface area contributed by atoms with E-state index >= 15 is 0 Å². The number of nitrogens with one attached hydrogen (secondary N) is 1. The van der Waals surface area contributed by atoms with Gasteiger partial charge in [0.1, 0.15) is 17.2 Å². The Kier molecular flexibility index (Phi) is 6.75. The Labute approximate surface area is 215 Å². The number of imidazole rings is 1. The molecular weight excluding hydrogens is 498 g/mol. The van der Waals surface area contributed by atoms with Crippen LogP contribution in [0, 0.1) is 0 Å². The van der Waals surface area contributed by atoms with Gasteiger partial charge in [-0.1, -0.05) is 53.7 Å². The molecule has 0 spiro atoms. The van der Waals surface area contributed by atoms with Gasteiger partial charge in [-0.15, -0.1) is 10.2 Å². The lowest BCUT2D eigenvalue weighted by atomic mass is 10.2. The summed E-state index contributed by atoms with van der Waals surface area (Å²) in [4.78, 5) is 20.1. The number of esters is 1. The van der Waals surface area contributed by atoms with Gasteiger partial charge in [0, 0.05) is 16.3 Å². The van der Waals surface area contributed by atoms with Gasteiger partial charge < -0.3 is 14.8 Å². The van der Waals surface area contributed by atoms with E-state index in [0.717, 1.165) is 16.8 Å². The maximum absolute atomic E-state index is 12.6. The van der Waals surface area contributed by atoms with Crippen molar-refractivity contribution in [2.24, 2.45) is 0 Å². The first-order valence-corrected chi connectivity index (χ1v) is 12.3. The number of methoxy groups -OCH3 is 1. The normalized spacial score (nSPS) is 11.9. The Hall–Kier alpha value is -4.08. The molecule has 0 atom stereocenters. The van der Waals surface area contributed by atoms with Gasteiger partial charge in [0.15, 0.2) is 11.0 Å². The number of aromatic nitrogens is 5. The van der Waals surface area contributed by atoms with Crippen LogP contribution in [0.3, 0.4) is 0 Å². The lowest BCUT2D eigenvalue weighted by Crippen LogP contribution is -2.10. The highest BCUT2D eigenvalue weighted by atomic mass is 35.5. The van der Waals surface area contributed by atoms with Gasteiger partial charge in [-0.05, 0) is 48.5 Å². The summed E-state index contributed by atoms with van der Waals surface area (Å²) in [5.74, 6) is -0.00509. The summed E-state index contributed by atoms with van der Waals surface area (Å²) >= 11 is 7.30. The van der Waals surface area contributed by atoms with Crippen molar-refractivity contribution in [1.29, 1.82) is 0 Å². The highest BCUT2D eigenvalue weighted by molar-refractivity contribution is 7.99. The van der Waals surface area contributed by atoms with Crippen LogP contribution < -0.4 is 0 Å². The second-order valence-corrected chi connectivity index (χ2v) is 9.07. The molecular formula is C26H20ClN5O3S. The van der Waals surface area contributed by atoms with E-state index in [1.807, 2.05) is 71.3 Å². The topological polar surface area (TPSA) is 106 Å². The van der Waals surface area contributed by atoms with E-state index in [1.54, 1.807) is 12.1 Å². The van der Waals surface area contributed by atoms with Gasteiger partial charge in [-0.3, -0.25) is 4.57 Å². The number of carbonyl (C=O) groups is 1. The van der Waals surface area contributed by atoms with Crippen molar-refractivity contribution >= 4 is 45.9 Å². The van der Waals surface area contributed by atoms with Gasteiger partial charge in [0.25, 0.3) is 0 Å². The van der Waals surface area contributed by atoms with Crippen molar-refractivity contribution in [1.82, 2.24) is 24.7 Å². The van der Waals surface area contributed by atoms with Crippen molar-refractivity contribution in [3.8, 4) is 17.1 Å². The highest BCUT2D eigenvalue weighted by Crippen LogP contribution is 2.31. The van der Waals surface area contributed by atoms with Gasteiger partial charge in [0.2, 0.25) is 0 Å². The fourth-order valence-electron chi connectivity index (χ4n) is 3.69. The van der Waals surface area contributed by atoms with E-state index in [4.69, 9.17) is 16.3 Å². The van der Waals surface area contributed by atoms with Gasteiger partial charge in [-0.25, -0.2) is 9.78 Å². The summed E-state index contributed by atoms with van der Waals surface area (Å²) in [7, 11) is 1.26. The van der Waals surface area contributed by atoms with Crippen LogP contribution in [0.25, 0.3) is 33.7 Å². The zero-order chi connectivity index (χ0) is 25.1. The van der Waals surface area contributed by atoms with E-state index in [2.05, 4.69) is 20.2 Å².